The molecule has 1 aliphatic heterocycles. The third kappa shape index (κ3) is 3.66. The largest absolute Gasteiger partial charge is 0.496 e. The molecule has 0 aliphatic carbocycles. The molecule has 0 saturated carbocycles. The zero-order valence-electron chi connectivity index (χ0n) is 15.0. The molecule has 6 heteroatoms. The maximum Gasteiger partial charge on any atom is 0.293 e. The smallest absolute Gasteiger partial charge is 0.293 e. The first kappa shape index (κ1) is 19.0. The van der Waals surface area contributed by atoms with Crippen LogP contribution in [-0.2, 0) is 11.3 Å². The lowest BCUT2D eigenvalue weighted by molar-refractivity contribution is -0.123. The van der Waals surface area contributed by atoms with E-state index in [2.05, 4.69) is 22.6 Å². The standard InChI is InChI=1S/C22H16INO3S/c1-27-19-11-8-15(17-4-2-3-5-18(17)19)12-20-21(25)24(22(26)28-20)13-14-6-9-16(23)10-7-14/h2-12H,13H2,1H3/b20-12-. The Morgan fingerprint density at radius 1 is 1.00 bits per heavy atom. The Morgan fingerprint density at radius 3 is 2.43 bits per heavy atom. The first-order valence-electron chi connectivity index (χ1n) is 8.62. The van der Waals surface area contributed by atoms with Crippen molar-refractivity contribution >= 4 is 62.3 Å². The van der Waals surface area contributed by atoms with Gasteiger partial charge in [0.15, 0.2) is 0 Å². The second-order valence-electron chi connectivity index (χ2n) is 6.30. The molecule has 1 fully saturated rings. The Labute approximate surface area is 180 Å². The molecule has 3 aromatic carbocycles. The van der Waals surface area contributed by atoms with Crippen LogP contribution in [0.3, 0.4) is 0 Å². The van der Waals surface area contributed by atoms with Crippen LogP contribution in [0.15, 0.2) is 65.6 Å². The lowest BCUT2D eigenvalue weighted by Crippen LogP contribution is -2.27. The van der Waals surface area contributed by atoms with Gasteiger partial charge >= 0.3 is 0 Å². The summed E-state index contributed by atoms with van der Waals surface area (Å²) in [7, 11) is 1.64. The SMILES string of the molecule is COc1ccc(/C=C2\SC(=O)N(Cc3ccc(I)cc3)C2=O)c2ccccc12. The normalized spacial score (nSPS) is 15.6. The van der Waals surface area contributed by atoms with Crippen LogP contribution in [0.4, 0.5) is 4.79 Å². The molecule has 0 spiro atoms. The number of halogens is 1. The summed E-state index contributed by atoms with van der Waals surface area (Å²) in [5.74, 6) is 0.521. The molecule has 4 rings (SSSR count). The van der Waals surface area contributed by atoms with Crippen LogP contribution in [0.5, 0.6) is 5.75 Å². The monoisotopic (exact) mass is 501 g/mol. The number of amides is 2. The molecular weight excluding hydrogens is 485 g/mol. The molecule has 1 saturated heterocycles. The van der Waals surface area contributed by atoms with Crippen molar-refractivity contribution in [3.8, 4) is 5.75 Å². The van der Waals surface area contributed by atoms with Gasteiger partial charge in [-0.25, -0.2) is 0 Å². The number of carbonyl (C=O) groups is 2. The number of rotatable bonds is 4. The van der Waals surface area contributed by atoms with E-state index in [1.807, 2.05) is 60.7 Å². The summed E-state index contributed by atoms with van der Waals surface area (Å²) in [6.45, 7) is 0.280. The van der Waals surface area contributed by atoms with Crippen molar-refractivity contribution in [2.45, 2.75) is 6.54 Å². The quantitative estimate of drug-likeness (QED) is 0.341. The Balaban J connectivity index is 1.66. The van der Waals surface area contributed by atoms with Gasteiger partial charge < -0.3 is 4.74 Å². The van der Waals surface area contributed by atoms with Crippen molar-refractivity contribution in [3.63, 3.8) is 0 Å². The summed E-state index contributed by atoms with van der Waals surface area (Å²) in [6, 6.07) is 19.5. The van der Waals surface area contributed by atoms with Crippen molar-refractivity contribution in [3.05, 3.63) is 80.3 Å². The molecule has 0 N–H and O–H groups in total. The van der Waals surface area contributed by atoms with Gasteiger partial charge in [-0.1, -0.05) is 42.5 Å². The molecule has 0 bridgehead atoms. The van der Waals surface area contributed by atoms with Crippen molar-refractivity contribution in [1.82, 2.24) is 4.90 Å². The molecule has 0 atom stereocenters. The second kappa shape index (κ2) is 7.97. The fourth-order valence-electron chi connectivity index (χ4n) is 3.15. The summed E-state index contributed by atoms with van der Waals surface area (Å²) in [5, 5.41) is 1.70. The Bertz CT molecular complexity index is 1110. The lowest BCUT2D eigenvalue weighted by atomic mass is 10.0. The van der Waals surface area contributed by atoms with Crippen molar-refractivity contribution in [1.29, 1.82) is 0 Å². The number of nitrogens with zero attached hydrogens (tertiary/aromatic N) is 1. The number of hydrogen-bond acceptors (Lipinski definition) is 4. The number of ether oxygens (including phenoxy) is 1. The topological polar surface area (TPSA) is 46.6 Å². The van der Waals surface area contributed by atoms with E-state index in [9.17, 15) is 9.59 Å². The molecule has 0 aromatic heterocycles. The highest BCUT2D eigenvalue weighted by atomic mass is 127. The van der Waals surface area contributed by atoms with Crippen LogP contribution in [0, 0.1) is 3.57 Å². The summed E-state index contributed by atoms with van der Waals surface area (Å²) >= 11 is 3.21. The Kier molecular flexibility index (Phi) is 5.41. The third-order valence-corrected chi connectivity index (χ3v) is 6.18. The van der Waals surface area contributed by atoms with Crippen molar-refractivity contribution < 1.29 is 14.3 Å². The minimum atomic E-state index is -0.256. The van der Waals surface area contributed by atoms with Gasteiger partial charge in [-0.2, -0.15) is 0 Å². The van der Waals surface area contributed by atoms with Crippen molar-refractivity contribution in [2.75, 3.05) is 7.11 Å². The van der Waals surface area contributed by atoms with Gasteiger partial charge in [-0.05, 0) is 75.1 Å². The average molecular weight is 501 g/mol. The van der Waals surface area contributed by atoms with Gasteiger partial charge in [0.1, 0.15) is 5.75 Å². The highest BCUT2D eigenvalue weighted by molar-refractivity contribution is 14.1. The summed E-state index contributed by atoms with van der Waals surface area (Å²) in [4.78, 5) is 27.0. The number of thioether (sulfide) groups is 1. The van der Waals surface area contributed by atoms with Gasteiger partial charge in [0.05, 0.1) is 18.6 Å². The van der Waals surface area contributed by atoms with Crippen LogP contribution in [-0.4, -0.2) is 23.2 Å². The molecule has 0 unspecified atom stereocenters. The highest BCUT2D eigenvalue weighted by Crippen LogP contribution is 2.36. The second-order valence-corrected chi connectivity index (χ2v) is 8.54. The van der Waals surface area contributed by atoms with E-state index >= 15 is 0 Å². The van der Waals surface area contributed by atoms with E-state index in [-0.39, 0.29) is 17.7 Å². The number of benzene rings is 3. The summed E-state index contributed by atoms with van der Waals surface area (Å²) in [5.41, 5.74) is 1.81. The highest BCUT2D eigenvalue weighted by Gasteiger charge is 2.35. The first-order valence-corrected chi connectivity index (χ1v) is 10.5. The lowest BCUT2D eigenvalue weighted by Gasteiger charge is -2.12. The van der Waals surface area contributed by atoms with E-state index in [0.29, 0.717) is 4.91 Å². The van der Waals surface area contributed by atoms with E-state index in [1.54, 1.807) is 13.2 Å². The molecular formula is C22H16INO3S. The number of hydrogen-bond donors (Lipinski definition) is 0. The van der Waals surface area contributed by atoms with Gasteiger partial charge in [0.25, 0.3) is 11.1 Å². The average Bonchev–Trinajstić information content (AvgIpc) is 2.97. The minimum absolute atomic E-state index is 0.243. The third-order valence-electron chi connectivity index (χ3n) is 4.55. The van der Waals surface area contributed by atoms with Gasteiger partial charge in [-0.15, -0.1) is 0 Å². The van der Waals surface area contributed by atoms with E-state index in [1.165, 1.54) is 4.90 Å². The molecule has 140 valence electrons. The summed E-state index contributed by atoms with van der Waals surface area (Å²) < 4.78 is 6.54. The van der Waals surface area contributed by atoms with E-state index in [4.69, 9.17) is 4.74 Å². The van der Waals surface area contributed by atoms with Crippen LogP contribution < -0.4 is 4.74 Å². The maximum atomic E-state index is 12.8. The first-order chi connectivity index (χ1) is 13.6. The number of carbonyl (C=O) groups excluding carboxylic acids is 2. The fraction of sp³-hybridized carbons (Fsp3) is 0.0909. The van der Waals surface area contributed by atoms with Crippen LogP contribution >= 0.6 is 34.4 Å². The minimum Gasteiger partial charge on any atom is -0.496 e. The molecule has 28 heavy (non-hydrogen) atoms. The summed E-state index contributed by atoms with van der Waals surface area (Å²) in [6.07, 6.45) is 1.79. The molecule has 1 aliphatic rings. The number of fused-ring (bicyclic) bond motifs is 1. The van der Waals surface area contributed by atoms with E-state index in [0.717, 1.165) is 43.0 Å². The van der Waals surface area contributed by atoms with Crippen LogP contribution in [0.1, 0.15) is 11.1 Å². The number of imide groups is 1. The van der Waals surface area contributed by atoms with Crippen molar-refractivity contribution in [2.24, 2.45) is 0 Å². The molecule has 2 amide bonds. The molecule has 3 aromatic rings. The van der Waals surface area contributed by atoms with E-state index < -0.39 is 0 Å². The van der Waals surface area contributed by atoms with Crippen LogP contribution in [0.25, 0.3) is 16.8 Å². The molecule has 0 radical (unpaired) electrons. The van der Waals surface area contributed by atoms with Gasteiger partial charge in [-0.3, -0.25) is 14.5 Å². The predicted molar refractivity (Wildman–Crippen MR) is 121 cm³/mol. The predicted octanol–water partition coefficient (Wildman–Crippen LogP) is 5.69. The molecule has 4 nitrogen and oxygen atoms in total. The Morgan fingerprint density at radius 2 is 1.71 bits per heavy atom. The maximum absolute atomic E-state index is 12.8. The van der Waals surface area contributed by atoms with Gasteiger partial charge in [0, 0.05) is 8.96 Å². The zero-order valence-corrected chi connectivity index (χ0v) is 18.0. The van der Waals surface area contributed by atoms with Gasteiger partial charge in [0.2, 0.25) is 0 Å². The zero-order chi connectivity index (χ0) is 19.7. The Hall–Kier alpha value is -2.32. The number of methoxy groups -OCH3 is 1. The fourth-order valence-corrected chi connectivity index (χ4v) is 4.34. The molecule has 1 heterocycles. The van der Waals surface area contributed by atoms with Crippen LogP contribution in [0.2, 0.25) is 0 Å².